The summed E-state index contributed by atoms with van der Waals surface area (Å²) < 4.78 is 52.8. The minimum atomic E-state index is -4.96. The van der Waals surface area contributed by atoms with Crippen LogP contribution < -0.4 is 0 Å². The van der Waals surface area contributed by atoms with Gasteiger partial charge in [-0.25, -0.2) is 9.97 Å². The van der Waals surface area contributed by atoms with Gasteiger partial charge in [-0.15, -0.1) is 0 Å². The van der Waals surface area contributed by atoms with Gasteiger partial charge in [0.2, 0.25) is 11.7 Å². The predicted molar refractivity (Wildman–Crippen MR) is 118 cm³/mol. The molecule has 3 aromatic heterocycles. The van der Waals surface area contributed by atoms with Gasteiger partial charge in [0.1, 0.15) is 23.0 Å². The van der Waals surface area contributed by atoms with Crippen molar-refractivity contribution < 1.29 is 31.9 Å². The summed E-state index contributed by atoms with van der Waals surface area (Å²) in [7, 11) is 0. The van der Waals surface area contributed by atoms with Crippen LogP contribution in [0.1, 0.15) is 70.3 Å². The summed E-state index contributed by atoms with van der Waals surface area (Å²) in [5, 5.41) is 11.0. The number of furan rings is 1. The maximum absolute atomic E-state index is 13.8. The highest BCUT2D eigenvalue weighted by Crippen LogP contribution is 2.40. The zero-order chi connectivity index (χ0) is 25.3. The molecule has 0 radical (unpaired) electrons. The normalized spacial score (nSPS) is 16.7. The second-order valence-electron chi connectivity index (χ2n) is 9.26. The number of aliphatic hydroxyl groups is 1. The maximum Gasteiger partial charge on any atom is 0.437 e. The molecule has 1 aliphatic rings. The quantitative estimate of drug-likeness (QED) is 0.429. The maximum atomic E-state index is 13.8. The van der Waals surface area contributed by atoms with Gasteiger partial charge in [0, 0.05) is 24.0 Å². The molecular formula is C24H23F3N4O4. The number of amides is 1. The molecule has 1 aliphatic heterocycles. The lowest BCUT2D eigenvalue weighted by molar-refractivity contribution is -0.141. The van der Waals surface area contributed by atoms with Crippen molar-refractivity contribution >= 4 is 16.9 Å². The van der Waals surface area contributed by atoms with Crippen molar-refractivity contribution in [2.24, 2.45) is 0 Å². The standard InChI is InChI=1S/C24H23F3N4O4/c1-11-5-6-12(2)18-13(11)9-15(34-18)17-16-14(28-10-29-16)7-8-31(17)21(32)19-20(24(25,26)27)30-22(35-19)23(3,4)33/h5-6,9-10,17,33H,7-8H2,1-4H3,(H,28,29)/t17-/m0/s1. The third-order valence-electron chi connectivity index (χ3n) is 6.19. The number of oxazole rings is 1. The Kier molecular flexibility index (Phi) is 5.10. The molecule has 184 valence electrons. The number of rotatable bonds is 3. The van der Waals surface area contributed by atoms with E-state index in [0.29, 0.717) is 23.5 Å². The van der Waals surface area contributed by atoms with E-state index in [2.05, 4.69) is 15.0 Å². The number of nitrogens with zero attached hydrogens (tertiary/aromatic N) is 3. The van der Waals surface area contributed by atoms with Crippen molar-refractivity contribution in [1.82, 2.24) is 19.9 Å². The van der Waals surface area contributed by atoms with Crippen LogP contribution in [0.2, 0.25) is 0 Å². The fourth-order valence-electron chi connectivity index (χ4n) is 4.38. The Labute approximate surface area is 197 Å². The summed E-state index contributed by atoms with van der Waals surface area (Å²) in [5.74, 6) is -2.23. The molecule has 0 unspecified atom stereocenters. The lowest BCUT2D eigenvalue weighted by Crippen LogP contribution is -2.41. The Hall–Kier alpha value is -3.60. The van der Waals surface area contributed by atoms with Gasteiger partial charge < -0.3 is 23.8 Å². The van der Waals surface area contributed by atoms with Crippen LogP contribution in [0.3, 0.4) is 0 Å². The number of halogens is 3. The number of H-pyrrole nitrogens is 1. The summed E-state index contributed by atoms with van der Waals surface area (Å²) >= 11 is 0. The van der Waals surface area contributed by atoms with Gasteiger partial charge in [0.05, 0.1) is 12.0 Å². The van der Waals surface area contributed by atoms with Crippen molar-refractivity contribution in [2.75, 3.05) is 6.54 Å². The number of aromatic amines is 1. The monoisotopic (exact) mass is 488 g/mol. The molecule has 0 fully saturated rings. The van der Waals surface area contributed by atoms with Crippen LogP contribution in [0.25, 0.3) is 11.0 Å². The Morgan fingerprint density at radius 1 is 1.20 bits per heavy atom. The Morgan fingerprint density at radius 2 is 1.91 bits per heavy atom. The predicted octanol–water partition coefficient (Wildman–Crippen LogP) is 4.79. The van der Waals surface area contributed by atoms with Crippen LogP contribution in [-0.4, -0.2) is 37.4 Å². The number of carbonyl (C=O) groups is 1. The lowest BCUT2D eigenvalue weighted by atomic mass is 9.99. The molecule has 0 spiro atoms. The molecule has 4 aromatic rings. The highest BCUT2D eigenvalue weighted by atomic mass is 19.4. The fourth-order valence-corrected chi connectivity index (χ4v) is 4.38. The van der Waals surface area contributed by atoms with Crippen LogP contribution in [0.5, 0.6) is 0 Å². The summed E-state index contributed by atoms with van der Waals surface area (Å²) in [4.78, 5) is 25.7. The van der Waals surface area contributed by atoms with Crippen LogP contribution in [-0.2, 0) is 18.2 Å². The molecule has 4 heterocycles. The van der Waals surface area contributed by atoms with Gasteiger partial charge in [0.25, 0.3) is 5.91 Å². The average Bonchev–Trinajstić information content (AvgIpc) is 3.51. The molecule has 5 rings (SSSR count). The van der Waals surface area contributed by atoms with Crippen molar-refractivity contribution in [1.29, 1.82) is 0 Å². The summed E-state index contributed by atoms with van der Waals surface area (Å²) in [6.07, 6.45) is -3.13. The second kappa shape index (κ2) is 7.70. The van der Waals surface area contributed by atoms with E-state index < -0.39 is 41.1 Å². The fraction of sp³-hybridized carbons (Fsp3) is 0.375. The molecule has 2 N–H and O–H groups in total. The van der Waals surface area contributed by atoms with Gasteiger partial charge in [-0.3, -0.25) is 4.79 Å². The minimum Gasteiger partial charge on any atom is -0.458 e. The zero-order valence-corrected chi connectivity index (χ0v) is 19.4. The van der Waals surface area contributed by atoms with Crippen LogP contribution in [0.4, 0.5) is 13.2 Å². The van der Waals surface area contributed by atoms with E-state index in [9.17, 15) is 23.1 Å². The van der Waals surface area contributed by atoms with Crippen molar-refractivity contribution in [2.45, 2.75) is 51.9 Å². The molecule has 0 saturated carbocycles. The summed E-state index contributed by atoms with van der Waals surface area (Å²) in [6, 6.07) is 4.76. The molecule has 1 amide bonds. The lowest BCUT2D eigenvalue weighted by Gasteiger charge is -2.33. The molecule has 35 heavy (non-hydrogen) atoms. The van der Waals surface area contributed by atoms with E-state index >= 15 is 0 Å². The number of aromatic nitrogens is 3. The number of hydrogen-bond acceptors (Lipinski definition) is 6. The number of imidazole rings is 1. The Balaban J connectivity index is 1.66. The number of nitrogens with one attached hydrogen (secondary N) is 1. The van der Waals surface area contributed by atoms with Crippen molar-refractivity contribution in [3.8, 4) is 0 Å². The molecule has 0 saturated heterocycles. The molecule has 0 aliphatic carbocycles. The first-order valence-corrected chi connectivity index (χ1v) is 11.0. The number of carbonyl (C=O) groups excluding carboxylic acids is 1. The minimum absolute atomic E-state index is 0.0869. The SMILES string of the molecule is Cc1ccc(C)c2oc([C@H]3c4nc[nH]c4CCN3C(=O)c3oc(C(C)(C)O)nc3C(F)(F)F)cc12. The smallest absolute Gasteiger partial charge is 0.437 e. The average molecular weight is 488 g/mol. The number of benzene rings is 1. The van der Waals surface area contributed by atoms with E-state index in [1.165, 1.54) is 25.1 Å². The second-order valence-corrected chi connectivity index (χ2v) is 9.26. The van der Waals surface area contributed by atoms with Crippen LogP contribution in [0, 0.1) is 13.8 Å². The Bertz CT molecular complexity index is 1400. The van der Waals surface area contributed by atoms with Gasteiger partial charge in [-0.2, -0.15) is 13.2 Å². The van der Waals surface area contributed by atoms with Gasteiger partial charge >= 0.3 is 6.18 Å². The molecular weight excluding hydrogens is 465 g/mol. The van der Waals surface area contributed by atoms with E-state index in [-0.39, 0.29) is 6.54 Å². The van der Waals surface area contributed by atoms with Gasteiger partial charge in [0.15, 0.2) is 5.69 Å². The number of hydrogen-bond donors (Lipinski definition) is 2. The van der Waals surface area contributed by atoms with E-state index in [4.69, 9.17) is 8.83 Å². The third kappa shape index (κ3) is 3.79. The molecule has 11 heteroatoms. The highest BCUT2D eigenvalue weighted by molar-refractivity contribution is 5.93. The van der Waals surface area contributed by atoms with Gasteiger partial charge in [-0.1, -0.05) is 12.1 Å². The number of alkyl halides is 3. The molecule has 8 nitrogen and oxygen atoms in total. The van der Waals surface area contributed by atoms with Crippen molar-refractivity contribution in [3.05, 3.63) is 70.1 Å². The van der Waals surface area contributed by atoms with Crippen LogP contribution >= 0.6 is 0 Å². The molecule has 1 aromatic carbocycles. The topological polar surface area (TPSA) is 108 Å². The van der Waals surface area contributed by atoms with E-state index in [0.717, 1.165) is 22.2 Å². The number of aryl methyl sites for hydroxylation is 2. The molecule has 1 atom stereocenters. The van der Waals surface area contributed by atoms with E-state index in [1.54, 1.807) is 6.07 Å². The van der Waals surface area contributed by atoms with Crippen LogP contribution in [0.15, 0.2) is 33.4 Å². The Morgan fingerprint density at radius 3 is 2.57 bits per heavy atom. The van der Waals surface area contributed by atoms with E-state index in [1.807, 2.05) is 26.0 Å². The largest absolute Gasteiger partial charge is 0.458 e. The first-order valence-electron chi connectivity index (χ1n) is 11.0. The van der Waals surface area contributed by atoms with Crippen molar-refractivity contribution in [3.63, 3.8) is 0 Å². The summed E-state index contributed by atoms with van der Waals surface area (Å²) in [6.45, 7) is 6.36. The summed E-state index contributed by atoms with van der Waals surface area (Å²) in [5.41, 5.74) is 0.423. The number of fused-ring (bicyclic) bond motifs is 2. The zero-order valence-electron chi connectivity index (χ0n) is 19.4. The highest BCUT2D eigenvalue weighted by Gasteiger charge is 2.46. The first-order chi connectivity index (χ1) is 16.4. The first kappa shape index (κ1) is 23.2. The van der Waals surface area contributed by atoms with Gasteiger partial charge in [-0.05, 0) is 44.9 Å². The third-order valence-corrected chi connectivity index (χ3v) is 6.19. The molecule has 0 bridgehead atoms.